The number of hydrogen-bond donors (Lipinski definition) is 1. The Balaban J connectivity index is 0.000000640. The van der Waals surface area contributed by atoms with Crippen LogP contribution in [0.4, 0.5) is 0 Å². The molecule has 1 atom stereocenters. The standard InChI is InChI=1S/C6H7NO.ClH/c1-7-5-3-2-4-6(7)8;/h2-5H,1H3;1H. The molecule has 0 bridgehead atoms. The van der Waals surface area contributed by atoms with E-state index >= 15 is 0 Å². The molecule has 9 heavy (non-hydrogen) atoms. The van der Waals surface area contributed by atoms with Gasteiger partial charge in [0.2, 0.25) is 0 Å². The lowest BCUT2D eigenvalue weighted by Gasteiger charge is -2.02. The van der Waals surface area contributed by atoms with Gasteiger partial charge >= 0.3 is 5.91 Å². The average Bonchev–Trinajstić information content (AvgIpc) is 1.77. The van der Waals surface area contributed by atoms with Crippen LogP contribution in [0.2, 0.25) is 0 Å². The van der Waals surface area contributed by atoms with Crippen molar-refractivity contribution in [2.24, 2.45) is 0 Å². The third-order valence-electron chi connectivity index (χ3n) is 1.09. The molecule has 0 spiro atoms. The van der Waals surface area contributed by atoms with E-state index in [2.05, 4.69) is 0 Å². The second-order valence-corrected chi connectivity index (χ2v) is 1.77. The molecule has 2 nitrogen and oxygen atoms in total. The Morgan fingerprint density at radius 1 is 1.44 bits per heavy atom. The minimum atomic E-state index is 0. The van der Waals surface area contributed by atoms with Gasteiger partial charge in [-0.15, -0.1) is 0 Å². The van der Waals surface area contributed by atoms with Gasteiger partial charge in [-0.1, -0.05) is 0 Å². The van der Waals surface area contributed by atoms with Crippen LogP contribution in [0, 0.1) is 0 Å². The number of rotatable bonds is 0. The molecule has 1 N–H and O–H groups in total. The van der Waals surface area contributed by atoms with Crippen LogP contribution in [0.3, 0.4) is 0 Å². The summed E-state index contributed by atoms with van der Waals surface area (Å²) >= 11 is 0. The Morgan fingerprint density at radius 2 is 2.11 bits per heavy atom. The first kappa shape index (κ1) is 8.40. The number of allylic oxidation sites excluding steroid dienone is 2. The number of halogens is 1. The summed E-state index contributed by atoms with van der Waals surface area (Å²) in [6.07, 6.45) is 6.98. The molecule has 0 saturated carbocycles. The maximum atomic E-state index is 10.6. The number of hydrogen-bond acceptors (Lipinski definition) is 1. The monoisotopic (exact) mass is 145 g/mol. The highest BCUT2D eigenvalue weighted by Gasteiger charge is 2.07. The number of quaternary nitrogens is 1. The van der Waals surface area contributed by atoms with Crippen LogP contribution in [0.1, 0.15) is 0 Å². The smallest absolute Gasteiger partial charge is 0.341 e. The van der Waals surface area contributed by atoms with Crippen molar-refractivity contribution in [3.63, 3.8) is 0 Å². The predicted octanol–water partition coefficient (Wildman–Crippen LogP) is -3.88. The lowest BCUT2D eigenvalue weighted by atomic mass is 10.4. The summed E-state index contributed by atoms with van der Waals surface area (Å²) in [5.41, 5.74) is 0. The highest BCUT2D eigenvalue weighted by molar-refractivity contribution is 5.80. The van der Waals surface area contributed by atoms with E-state index < -0.39 is 0 Å². The van der Waals surface area contributed by atoms with Crippen molar-refractivity contribution in [2.75, 3.05) is 7.05 Å². The van der Waals surface area contributed by atoms with Crippen LogP contribution in [0.15, 0.2) is 24.4 Å². The van der Waals surface area contributed by atoms with Crippen LogP contribution in [0.5, 0.6) is 0 Å². The van der Waals surface area contributed by atoms with E-state index in [9.17, 15) is 4.79 Å². The lowest BCUT2D eigenvalue weighted by Crippen LogP contribution is -3.07. The minimum absolute atomic E-state index is 0. The van der Waals surface area contributed by atoms with E-state index in [1.54, 1.807) is 12.2 Å². The number of likely N-dealkylation sites (N-methyl/N-ethyl adjacent to an activating group) is 1. The van der Waals surface area contributed by atoms with Gasteiger partial charge in [0.1, 0.15) is 6.20 Å². The second kappa shape index (κ2) is 3.43. The van der Waals surface area contributed by atoms with Crippen LogP contribution in [0.25, 0.3) is 0 Å². The molecule has 0 aliphatic carbocycles. The number of carbonyl (C=O) groups is 1. The Kier molecular flexibility index (Phi) is 3.20. The fourth-order valence-corrected chi connectivity index (χ4v) is 0.556. The number of amides is 1. The molecule has 1 unspecified atom stereocenters. The van der Waals surface area contributed by atoms with Crippen molar-refractivity contribution < 1.29 is 22.1 Å². The number of nitrogens with one attached hydrogen (secondary N) is 1. The molecule has 1 aliphatic rings. The first-order chi connectivity index (χ1) is 3.80. The summed E-state index contributed by atoms with van der Waals surface area (Å²) in [7, 11) is 1.81. The summed E-state index contributed by atoms with van der Waals surface area (Å²) in [6, 6.07) is 0. The topological polar surface area (TPSA) is 21.5 Å². The largest absolute Gasteiger partial charge is 1.00 e. The molecular formula is C6H8ClNO. The quantitative estimate of drug-likeness (QED) is 0.370. The van der Waals surface area contributed by atoms with Crippen molar-refractivity contribution >= 4 is 5.91 Å². The molecule has 0 radical (unpaired) electrons. The SMILES string of the molecule is C[NH+]1C=CC=CC1=O.[Cl-]. The zero-order valence-corrected chi connectivity index (χ0v) is 5.85. The maximum absolute atomic E-state index is 10.6. The van der Waals surface area contributed by atoms with Crippen LogP contribution >= 0.6 is 0 Å². The summed E-state index contributed by atoms with van der Waals surface area (Å²) in [6.45, 7) is 0. The van der Waals surface area contributed by atoms with E-state index in [0.29, 0.717) is 0 Å². The van der Waals surface area contributed by atoms with Crippen molar-refractivity contribution in [1.29, 1.82) is 0 Å². The third-order valence-corrected chi connectivity index (χ3v) is 1.09. The zero-order valence-electron chi connectivity index (χ0n) is 5.10. The van der Waals surface area contributed by atoms with Crippen LogP contribution in [-0.2, 0) is 4.79 Å². The highest BCUT2D eigenvalue weighted by atomic mass is 35.5. The molecule has 0 aromatic carbocycles. The van der Waals surface area contributed by atoms with E-state index in [1.807, 2.05) is 19.3 Å². The molecule has 1 heterocycles. The van der Waals surface area contributed by atoms with Gasteiger partial charge in [0.15, 0.2) is 0 Å². The fourth-order valence-electron chi connectivity index (χ4n) is 0.556. The molecule has 0 fully saturated rings. The molecule has 1 aliphatic heterocycles. The van der Waals surface area contributed by atoms with Crippen LogP contribution < -0.4 is 17.3 Å². The van der Waals surface area contributed by atoms with Gasteiger partial charge in [-0.25, -0.2) is 9.69 Å². The molecule has 0 saturated heterocycles. The van der Waals surface area contributed by atoms with Crippen molar-refractivity contribution in [3.05, 3.63) is 24.4 Å². The van der Waals surface area contributed by atoms with Crippen LogP contribution in [-0.4, -0.2) is 13.0 Å². The van der Waals surface area contributed by atoms with Gasteiger partial charge in [-0.05, 0) is 12.2 Å². The molecule has 0 aromatic rings. The van der Waals surface area contributed by atoms with Crippen molar-refractivity contribution in [1.82, 2.24) is 0 Å². The normalized spacial score (nSPS) is 23.7. The van der Waals surface area contributed by atoms with Crippen molar-refractivity contribution in [3.8, 4) is 0 Å². The van der Waals surface area contributed by atoms with E-state index in [4.69, 9.17) is 0 Å². The van der Waals surface area contributed by atoms with Gasteiger partial charge in [-0.2, -0.15) is 0 Å². The van der Waals surface area contributed by atoms with E-state index in [1.165, 1.54) is 0 Å². The Hall–Kier alpha value is -0.600. The van der Waals surface area contributed by atoms with Gasteiger partial charge in [-0.3, -0.25) is 0 Å². The van der Waals surface area contributed by atoms with Gasteiger partial charge in [0.05, 0.1) is 7.05 Å². The van der Waals surface area contributed by atoms with E-state index in [-0.39, 0.29) is 18.3 Å². The molecule has 50 valence electrons. The number of carbonyl (C=O) groups excluding carboxylic acids is 1. The molecule has 1 rings (SSSR count). The highest BCUT2D eigenvalue weighted by Crippen LogP contribution is 1.76. The third kappa shape index (κ3) is 2.00. The van der Waals surface area contributed by atoms with Crippen molar-refractivity contribution in [2.45, 2.75) is 0 Å². The molecule has 0 aromatic heterocycles. The first-order valence-corrected chi connectivity index (χ1v) is 2.53. The molecular weight excluding hydrogens is 138 g/mol. The maximum Gasteiger partial charge on any atom is 0.341 e. The Labute approximate surface area is 60.3 Å². The second-order valence-electron chi connectivity index (χ2n) is 1.77. The van der Waals surface area contributed by atoms with Gasteiger partial charge in [0, 0.05) is 6.08 Å². The summed E-state index contributed by atoms with van der Waals surface area (Å²) in [5, 5.41) is 0. The molecule has 1 amide bonds. The first-order valence-electron chi connectivity index (χ1n) is 2.53. The predicted molar refractivity (Wildman–Crippen MR) is 30.2 cm³/mol. The summed E-state index contributed by atoms with van der Waals surface area (Å²) in [5.74, 6) is 0.118. The minimum Gasteiger partial charge on any atom is -1.00 e. The zero-order chi connectivity index (χ0) is 5.98. The Bertz CT molecular complexity index is 162. The van der Waals surface area contributed by atoms with Gasteiger partial charge in [0.25, 0.3) is 0 Å². The summed E-state index contributed by atoms with van der Waals surface area (Å²) in [4.78, 5) is 11.4. The van der Waals surface area contributed by atoms with Gasteiger partial charge < -0.3 is 12.4 Å². The molecule has 3 heteroatoms. The van der Waals surface area contributed by atoms with E-state index in [0.717, 1.165) is 4.90 Å². The lowest BCUT2D eigenvalue weighted by molar-refractivity contribution is -0.736. The average molecular weight is 146 g/mol. The summed E-state index contributed by atoms with van der Waals surface area (Å²) < 4.78 is 0. The Morgan fingerprint density at radius 3 is 2.44 bits per heavy atom. The fraction of sp³-hybridized carbons (Fsp3) is 0.167.